The molecule has 2 N–H and O–H groups in total. The largest absolute Gasteiger partial charge is 0.340 e. The molecule has 0 spiro atoms. The van der Waals surface area contributed by atoms with Gasteiger partial charge in [-0.1, -0.05) is 18.2 Å². The molecule has 1 unspecified atom stereocenters. The highest BCUT2D eigenvalue weighted by molar-refractivity contribution is 6.06. The Morgan fingerprint density at radius 3 is 2.76 bits per heavy atom. The van der Waals surface area contributed by atoms with Gasteiger partial charge in [0.2, 0.25) is 0 Å². The maximum atomic E-state index is 13.0. The number of fused-ring (bicyclic) bond motifs is 1. The van der Waals surface area contributed by atoms with Gasteiger partial charge in [0, 0.05) is 30.5 Å². The zero-order valence-corrected chi connectivity index (χ0v) is 11.9. The number of aromatic nitrogens is 1. The molecule has 108 valence electrons. The van der Waals surface area contributed by atoms with Crippen molar-refractivity contribution in [3.63, 3.8) is 0 Å². The maximum absolute atomic E-state index is 13.0. The molecular weight excluding hydrogens is 262 g/mol. The van der Waals surface area contributed by atoms with Crippen LogP contribution in [0.1, 0.15) is 34.9 Å². The first-order chi connectivity index (χ1) is 10.2. The lowest BCUT2D eigenvalue weighted by molar-refractivity contribution is 0.0974. The highest BCUT2D eigenvalue weighted by Crippen LogP contribution is 2.37. The molecule has 4 heteroatoms. The number of hydrogen-bond acceptors (Lipinski definition) is 2. The molecule has 0 saturated heterocycles. The van der Waals surface area contributed by atoms with Crippen LogP contribution in [-0.2, 0) is 6.42 Å². The van der Waals surface area contributed by atoms with Crippen LogP contribution in [0.25, 0.3) is 0 Å². The van der Waals surface area contributed by atoms with Gasteiger partial charge < -0.3 is 15.2 Å². The van der Waals surface area contributed by atoms with Gasteiger partial charge in [-0.3, -0.25) is 4.79 Å². The van der Waals surface area contributed by atoms with Crippen LogP contribution in [0.15, 0.2) is 42.6 Å². The molecular formula is C17H19N3O. The summed E-state index contributed by atoms with van der Waals surface area (Å²) in [6.45, 7) is 0.589. The first kappa shape index (κ1) is 12.7. The van der Waals surface area contributed by atoms with Crippen LogP contribution in [0, 0.1) is 0 Å². The summed E-state index contributed by atoms with van der Waals surface area (Å²) in [7, 11) is 0. The Morgan fingerprint density at radius 2 is 1.95 bits per heavy atom. The molecule has 2 aromatic rings. The van der Waals surface area contributed by atoms with Gasteiger partial charge in [0.25, 0.3) is 5.91 Å². The van der Waals surface area contributed by atoms with E-state index in [1.807, 2.05) is 41.4 Å². The van der Waals surface area contributed by atoms with E-state index in [2.05, 4.69) is 10.6 Å². The molecule has 0 bridgehead atoms. The summed E-state index contributed by atoms with van der Waals surface area (Å²) in [6, 6.07) is 12.5. The fourth-order valence-corrected chi connectivity index (χ4v) is 3.20. The van der Waals surface area contributed by atoms with Crippen LogP contribution in [0.5, 0.6) is 0 Å². The average molecular weight is 281 g/mol. The zero-order chi connectivity index (χ0) is 14.4. The molecule has 1 saturated carbocycles. The SMILES string of the molecule is NC1Cc2ccccc2N(C(=O)c2cccn2C2CC2)C1. The predicted octanol–water partition coefficient (Wildman–Crippen LogP) is 2.35. The monoisotopic (exact) mass is 281 g/mol. The van der Waals surface area contributed by atoms with Gasteiger partial charge in [-0.25, -0.2) is 0 Å². The van der Waals surface area contributed by atoms with Crippen molar-refractivity contribution in [1.29, 1.82) is 0 Å². The summed E-state index contributed by atoms with van der Waals surface area (Å²) < 4.78 is 2.12. The van der Waals surface area contributed by atoms with E-state index in [-0.39, 0.29) is 11.9 Å². The van der Waals surface area contributed by atoms with Gasteiger partial charge in [-0.2, -0.15) is 0 Å². The Balaban J connectivity index is 1.72. The van der Waals surface area contributed by atoms with Crippen LogP contribution < -0.4 is 10.6 Å². The summed E-state index contributed by atoms with van der Waals surface area (Å²) in [5, 5.41) is 0. The van der Waals surface area contributed by atoms with E-state index in [4.69, 9.17) is 5.73 Å². The molecule has 0 radical (unpaired) electrons. The third-order valence-corrected chi connectivity index (χ3v) is 4.37. The molecule has 1 aliphatic carbocycles. The zero-order valence-electron chi connectivity index (χ0n) is 11.9. The van der Waals surface area contributed by atoms with Gasteiger partial charge in [-0.15, -0.1) is 0 Å². The molecule has 21 heavy (non-hydrogen) atoms. The second-order valence-electron chi connectivity index (χ2n) is 6.04. The Kier molecular flexibility index (Phi) is 2.86. The summed E-state index contributed by atoms with van der Waals surface area (Å²) in [6.07, 6.45) is 5.19. The van der Waals surface area contributed by atoms with Gasteiger partial charge in [0.15, 0.2) is 0 Å². The Morgan fingerprint density at radius 1 is 1.14 bits per heavy atom. The number of amides is 1. The third kappa shape index (κ3) is 2.16. The molecule has 4 rings (SSSR count). The summed E-state index contributed by atoms with van der Waals surface area (Å²) in [5.41, 5.74) is 9.09. The fourth-order valence-electron chi connectivity index (χ4n) is 3.20. The Bertz CT molecular complexity index is 687. The topological polar surface area (TPSA) is 51.3 Å². The van der Waals surface area contributed by atoms with Crippen molar-refractivity contribution in [2.24, 2.45) is 5.73 Å². The van der Waals surface area contributed by atoms with Crippen LogP contribution in [-0.4, -0.2) is 23.1 Å². The number of benzene rings is 1. The minimum absolute atomic E-state index is 0.00758. The fraction of sp³-hybridized carbons (Fsp3) is 0.353. The van der Waals surface area contributed by atoms with E-state index in [0.717, 1.165) is 23.4 Å². The van der Waals surface area contributed by atoms with Crippen molar-refractivity contribution in [3.8, 4) is 0 Å². The van der Waals surface area contributed by atoms with E-state index in [1.165, 1.54) is 12.8 Å². The molecule has 1 fully saturated rings. The number of para-hydroxylation sites is 1. The molecule has 4 nitrogen and oxygen atoms in total. The number of hydrogen-bond donors (Lipinski definition) is 1. The van der Waals surface area contributed by atoms with Crippen LogP contribution in [0.4, 0.5) is 5.69 Å². The van der Waals surface area contributed by atoms with Crippen LogP contribution in [0.2, 0.25) is 0 Å². The number of rotatable bonds is 2. The minimum atomic E-state index is 0.00758. The molecule has 1 atom stereocenters. The summed E-state index contributed by atoms with van der Waals surface area (Å²) in [5.74, 6) is 0.0644. The lowest BCUT2D eigenvalue weighted by atomic mass is 9.98. The molecule has 1 aromatic heterocycles. The van der Waals surface area contributed by atoms with Crippen molar-refractivity contribution >= 4 is 11.6 Å². The number of nitrogens with two attached hydrogens (primary N) is 1. The van der Waals surface area contributed by atoms with Gasteiger partial charge in [0.05, 0.1) is 0 Å². The highest BCUT2D eigenvalue weighted by atomic mass is 16.2. The molecule has 1 aliphatic heterocycles. The Labute approximate surface area is 124 Å². The maximum Gasteiger partial charge on any atom is 0.274 e. The molecule has 1 aromatic carbocycles. The van der Waals surface area contributed by atoms with Gasteiger partial charge >= 0.3 is 0 Å². The number of anilines is 1. The lowest BCUT2D eigenvalue weighted by Crippen LogP contribution is -2.46. The minimum Gasteiger partial charge on any atom is -0.340 e. The van der Waals surface area contributed by atoms with E-state index in [0.29, 0.717) is 12.6 Å². The van der Waals surface area contributed by atoms with Crippen molar-refractivity contribution in [3.05, 3.63) is 53.9 Å². The molecule has 2 aliphatic rings. The first-order valence-electron chi connectivity index (χ1n) is 7.56. The average Bonchev–Trinajstić information content (AvgIpc) is 3.22. The van der Waals surface area contributed by atoms with Crippen molar-refractivity contribution in [2.45, 2.75) is 31.3 Å². The van der Waals surface area contributed by atoms with Crippen molar-refractivity contribution in [2.75, 3.05) is 11.4 Å². The summed E-state index contributed by atoms with van der Waals surface area (Å²) >= 11 is 0. The second kappa shape index (κ2) is 4.74. The van der Waals surface area contributed by atoms with E-state index < -0.39 is 0 Å². The van der Waals surface area contributed by atoms with Crippen LogP contribution >= 0.6 is 0 Å². The number of carbonyl (C=O) groups excluding carboxylic acids is 1. The van der Waals surface area contributed by atoms with E-state index in [1.54, 1.807) is 0 Å². The second-order valence-corrected chi connectivity index (χ2v) is 6.04. The standard InChI is InChI=1S/C17H19N3O/c18-13-10-12-4-1-2-5-15(12)20(11-13)17(21)16-6-3-9-19(16)14-7-8-14/h1-6,9,13-14H,7-8,10-11,18H2. The quantitative estimate of drug-likeness (QED) is 0.918. The number of nitrogens with zero attached hydrogens (tertiary/aromatic N) is 2. The lowest BCUT2D eigenvalue weighted by Gasteiger charge is -2.33. The van der Waals surface area contributed by atoms with E-state index in [9.17, 15) is 4.79 Å². The van der Waals surface area contributed by atoms with Gasteiger partial charge in [-0.05, 0) is 43.0 Å². The third-order valence-electron chi connectivity index (χ3n) is 4.37. The normalized spacial score (nSPS) is 21.2. The van der Waals surface area contributed by atoms with Crippen molar-refractivity contribution < 1.29 is 4.79 Å². The smallest absolute Gasteiger partial charge is 0.274 e. The number of carbonyl (C=O) groups is 1. The summed E-state index contributed by atoms with van der Waals surface area (Å²) in [4.78, 5) is 14.8. The predicted molar refractivity (Wildman–Crippen MR) is 82.5 cm³/mol. The van der Waals surface area contributed by atoms with Crippen molar-refractivity contribution in [1.82, 2.24) is 4.57 Å². The highest BCUT2D eigenvalue weighted by Gasteiger charge is 2.31. The molecule has 2 heterocycles. The van der Waals surface area contributed by atoms with Crippen LogP contribution in [0.3, 0.4) is 0 Å². The van der Waals surface area contributed by atoms with Gasteiger partial charge in [0.1, 0.15) is 5.69 Å². The first-order valence-corrected chi connectivity index (χ1v) is 7.56. The molecule has 1 amide bonds. The van der Waals surface area contributed by atoms with E-state index >= 15 is 0 Å². The Hall–Kier alpha value is -2.07.